The number of nitrogens with one attached hydrogen (secondary N) is 1. The highest BCUT2D eigenvalue weighted by atomic mass is 35.5. The molecule has 3 rings (SSSR count). The van der Waals surface area contributed by atoms with Crippen molar-refractivity contribution in [2.75, 3.05) is 5.32 Å². The zero-order valence-electron chi connectivity index (χ0n) is 10.7. The third kappa shape index (κ3) is 2.77. The molecule has 0 spiro atoms. The highest BCUT2D eigenvalue weighted by Gasteiger charge is 2.14. The molecular formula is C14H6Cl2F2N2OS. The molecule has 0 bridgehead atoms. The quantitative estimate of drug-likeness (QED) is 0.689. The summed E-state index contributed by atoms with van der Waals surface area (Å²) in [5, 5.41) is 3.54. The number of benzene rings is 2. The second kappa shape index (κ2) is 5.79. The van der Waals surface area contributed by atoms with E-state index in [4.69, 9.17) is 23.2 Å². The van der Waals surface area contributed by atoms with Crippen molar-refractivity contribution in [2.45, 2.75) is 0 Å². The Balaban J connectivity index is 1.90. The van der Waals surface area contributed by atoms with Crippen LogP contribution in [0.5, 0.6) is 0 Å². The first-order valence-corrected chi connectivity index (χ1v) is 7.54. The van der Waals surface area contributed by atoms with Gasteiger partial charge in [-0.3, -0.25) is 10.1 Å². The fraction of sp³-hybridized carbons (Fsp3) is 0. The fourth-order valence-electron chi connectivity index (χ4n) is 1.80. The monoisotopic (exact) mass is 358 g/mol. The number of hydrogen-bond donors (Lipinski definition) is 1. The molecule has 0 fully saturated rings. The standard InChI is InChI=1S/C14H6Cl2F2N2OS/c15-7-2-4-10-12(11(7)16)22-14(19-10)20-13(21)6-1-3-8(17)9(18)5-6/h1-5H,(H,19,20,21). The zero-order valence-corrected chi connectivity index (χ0v) is 13.0. The van der Waals surface area contributed by atoms with Crippen LogP contribution in [0.4, 0.5) is 13.9 Å². The van der Waals surface area contributed by atoms with Crippen LogP contribution in [0, 0.1) is 11.6 Å². The van der Waals surface area contributed by atoms with Crippen LogP contribution in [0.2, 0.25) is 10.0 Å². The van der Waals surface area contributed by atoms with Gasteiger partial charge in [0, 0.05) is 5.56 Å². The Morgan fingerprint density at radius 1 is 1.14 bits per heavy atom. The van der Waals surface area contributed by atoms with E-state index in [1.807, 2.05) is 0 Å². The van der Waals surface area contributed by atoms with Crippen LogP contribution in [0.25, 0.3) is 10.2 Å². The number of halogens is 4. The van der Waals surface area contributed by atoms with Crippen LogP contribution < -0.4 is 5.32 Å². The van der Waals surface area contributed by atoms with Crippen molar-refractivity contribution in [2.24, 2.45) is 0 Å². The van der Waals surface area contributed by atoms with Gasteiger partial charge in [0.2, 0.25) is 0 Å². The van der Waals surface area contributed by atoms with Gasteiger partial charge in [-0.05, 0) is 30.3 Å². The summed E-state index contributed by atoms with van der Waals surface area (Å²) in [6, 6.07) is 6.17. The Bertz CT molecular complexity index is 898. The van der Waals surface area contributed by atoms with E-state index >= 15 is 0 Å². The van der Waals surface area contributed by atoms with Gasteiger partial charge < -0.3 is 0 Å². The van der Waals surface area contributed by atoms with Crippen LogP contribution in [0.1, 0.15) is 10.4 Å². The summed E-state index contributed by atoms with van der Waals surface area (Å²) in [4.78, 5) is 16.2. The lowest BCUT2D eigenvalue weighted by atomic mass is 10.2. The second-order valence-corrected chi connectivity index (χ2v) is 6.10. The smallest absolute Gasteiger partial charge is 0.257 e. The predicted molar refractivity (Wildman–Crippen MR) is 84.0 cm³/mol. The van der Waals surface area contributed by atoms with E-state index in [-0.39, 0.29) is 10.7 Å². The summed E-state index contributed by atoms with van der Waals surface area (Å²) in [6.07, 6.45) is 0. The fourth-order valence-corrected chi connectivity index (χ4v) is 3.18. The van der Waals surface area contributed by atoms with Crippen LogP contribution in [0.3, 0.4) is 0 Å². The molecule has 2 aromatic carbocycles. The Morgan fingerprint density at radius 3 is 2.64 bits per heavy atom. The number of carbonyl (C=O) groups excluding carboxylic acids is 1. The molecule has 0 radical (unpaired) electrons. The molecule has 3 nitrogen and oxygen atoms in total. The first-order chi connectivity index (χ1) is 10.5. The number of anilines is 1. The van der Waals surface area contributed by atoms with Crippen molar-refractivity contribution in [3.8, 4) is 0 Å². The SMILES string of the molecule is O=C(Nc1nc2ccc(Cl)c(Cl)c2s1)c1ccc(F)c(F)c1. The van der Waals surface area contributed by atoms with Gasteiger partial charge in [0.25, 0.3) is 5.91 Å². The molecule has 1 heterocycles. The molecule has 0 atom stereocenters. The molecule has 22 heavy (non-hydrogen) atoms. The minimum absolute atomic E-state index is 0.0118. The number of aromatic nitrogens is 1. The molecule has 1 aromatic heterocycles. The summed E-state index contributed by atoms with van der Waals surface area (Å²) >= 11 is 13.1. The largest absolute Gasteiger partial charge is 0.298 e. The van der Waals surface area contributed by atoms with Gasteiger partial charge in [-0.15, -0.1) is 0 Å². The highest BCUT2D eigenvalue weighted by molar-refractivity contribution is 7.23. The maximum atomic E-state index is 13.1. The predicted octanol–water partition coefficient (Wildman–Crippen LogP) is 5.13. The minimum Gasteiger partial charge on any atom is -0.298 e. The normalized spacial score (nSPS) is 10.9. The van der Waals surface area contributed by atoms with E-state index in [1.54, 1.807) is 12.1 Å². The molecular weight excluding hydrogens is 353 g/mol. The lowest BCUT2D eigenvalue weighted by Gasteiger charge is -2.01. The van der Waals surface area contributed by atoms with Crippen LogP contribution >= 0.6 is 34.5 Å². The summed E-state index contributed by atoms with van der Waals surface area (Å²) in [5.74, 6) is -2.70. The number of thiazole rings is 1. The van der Waals surface area contributed by atoms with Crippen molar-refractivity contribution in [1.82, 2.24) is 4.98 Å². The Morgan fingerprint density at radius 2 is 1.91 bits per heavy atom. The average Bonchev–Trinajstić information content (AvgIpc) is 2.89. The number of fused-ring (bicyclic) bond motifs is 1. The number of carbonyl (C=O) groups is 1. The Hall–Kier alpha value is -1.76. The molecule has 112 valence electrons. The molecule has 3 aromatic rings. The third-order valence-corrected chi connectivity index (χ3v) is 4.77. The van der Waals surface area contributed by atoms with E-state index in [9.17, 15) is 13.6 Å². The summed E-state index contributed by atoms with van der Waals surface area (Å²) in [6.45, 7) is 0. The summed E-state index contributed by atoms with van der Waals surface area (Å²) in [7, 11) is 0. The lowest BCUT2D eigenvalue weighted by molar-refractivity contribution is 0.102. The van der Waals surface area contributed by atoms with Crippen molar-refractivity contribution in [1.29, 1.82) is 0 Å². The summed E-state index contributed by atoms with van der Waals surface area (Å²) in [5.41, 5.74) is 0.572. The van der Waals surface area contributed by atoms with E-state index < -0.39 is 17.5 Å². The number of amides is 1. The van der Waals surface area contributed by atoms with E-state index in [2.05, 4.69) is 10.3 Å². The maximum Gasteiger partial charge on any atom is 0.257 e. The van der Waals surface area contributed by atoms with Crippen LogP contribution in [0.15, 0.2) is 30.3 Å². The third-order valence-electron chi connectivity index (χ3n) is 2.85. The Kier molecular flexibility index (Phi) is 3.99. The number of hydrogen-bond acceptors (Lipinski definition) is 3. The van der Waals surface area contributed by atoms with Gasteiger partial charge in [-0.25, -0.2) is 13.8 Å². The van der Waals surface area contributed by atoms with E-state index in [0.29, 0.717) is 20.3 Å². The highest BCUT2D eigenvalue weighted by Crippen LogP contribution is 2.36. The second-order valence-electron chi connectivity index (χ2n) is 4.31. The van der Waals surface area contributed by atoms with E-state index in [1.165, 1.54) is 6.07 Å². The molecule has 1 amide bonds. The van der Waals surface area contributed by atoms with Crippen molar-refractivity contribution in [3.63, 3.8) is 0 Å². The molecule has 1 N–H and O–H groups in total. The molecule has 0 saturated carbocycles. The number of nitrogens with zero attached hydrogens (tertiary/aromatic N) is 1. The van der Waals surface area contributed by atoms with Crippen LogP contribution in [-0.4, -0.2) is 10.9 Å². The summed E-state index contributed by atoms with van der Waals surface area (Å²) < 4.78 is 26.6. The molecule has 0 unspecified atom stereocenters. The van der Waals surface area contributed by atoms with Gasteiger partial charge in [0.05, 0.1) is 20.3 Å². The van der Waals surface area contributed by atoms with Gasteiger partial charge in [0.15, 0.2) is 16.8 Å². The minimum atomic E-state index is -1.09. The van der Waals surface area contributed by atoms with Crippen molar-refractivity contribution in [3.05, 3.63) is 57.6 Å². The van der Waals surface area contributed by atoms with Crippen LogP contribution in [-0.2, 0) is 0 Å². The first-order valence-electron chi connectivity index (χ1n) is 5.96. The maximum absolute atomic E-state index is 13.1. The average molecular weight is 359 g/mol. The molecule has 8 heteroatoms. The van der Waals surface area contributed by atoms with Gasteiger partial charge >= 0.3 is 0 Å². The topological polar surface area (TPSA) is 42.0 Å². The molecule has 0 saturated heterocycles. The first kappa shape index (κ1) is 15.1. The van der Waals surface area contributed by atoms with Gasteiger partial charge in [-0.1, -0.05) is 34.5 Å². The number of rotatable bonds is 2. The zero-order chi connectivity index (χ0) is 15.9. The van der Waals surface area contributed by atoms with Gasteiger partial charge in [-0.2, -0.15) is 0 Å². The van der Waals surface area contributed by atoms with Crippen molar-refractivity contribution < 1.29 is 13.6 Å². The molecule has 0 aliphatic rings. The molecule has 0 aliphatic heterocycles. The van der Waals surface area contributed by atoms with Crippen molar-refractivity contribution >= 4 is 55.8 Å². The van der Waals surface area contributed by atoms with E-state index in [0.717, 1.165) is 23.5 Å². The lowest BCUT2D eigenvalue weighted by Crippen LogP contribution is -2.12. The van der Waals surface area contributed by atoms with Gasteiger partial charge in [0.1, 0.15) is 0 Å². The Labute approximate surface area is 137 Å². The molecule has 0 aliphatic carbocycles.